The first-order valence-corrected chi connectivity index (χ1v) is 8.25. The van der Waals surface area contributed by atoms with Crippen LogP contribution in [-0.2, 0) is 67.1 Å². The summed E-state index contributed by atoms with van der Waals surface area (Å²) in [6.45, 7) is -2.59. The van der Waals surface area contributed by atoms with Crippen LogP contribution in [0.2, 0.25) is 0 Å². The maximum atomic E-state index is 10.2. The van der Waals surface area contributed by atoms with Gasteiger partial charge in [0.1, 0.15) is 12.6 Å². The van der Waals surface area contributed by atoms with Gasteiger partial charge < -0.3 is 41.5 Å². The fraction of sp³-hybridized carbons (Fsp3) is 0.500. The van der Waals surface area contributed by atoms with Gasteiger partial charge in [0.25, 0.3) is 0 Å². The maximum Gasteiger partial charge on any atom is 0.373 e. The average Bonchev–Trinajstić information content (AvgIpc) is 3.01. The van der Waals surface area contributed by atoms with Crippen LogP contribution in [-0.4, -0.2) is 94.5 Å². The zero-order chi connectivity index (χ0) is 45.3. The largest absolute Gasteiger partial charge is 0.481 e. The number of carboxylic acid groups (broad SMARTS) is 4. The summed E-state index contributed by atoms with van der Waals surface area (Å²) in [5.74, 6) is -6.72. The monoisotopic (exact) mass is 667 g/mol. The van der Waals surface area contributed by atoms with E-state index < -0.39 is 75.2 Å². The van der Waals surface area contributed by atoms with E-state index in [9.17, 15) is 28.8 Å². The molecule has 0 aromatic rings. The molecule has 0 bridgehead atoms. The Morgan fingerprint density at radius 2 is 0.905 bits per heavy atom. The molecule has 0 radical (unpaired) electrons. The molecule has 1 atom stereocenters. The van der Waals surface area contributed by atoms with Crippen molar-refractivity contribution >= 4 is 88.0 Å². The Kier molecular flexibility index (Phi) is 60.1. The average molecular weight is 668 g/mol. The molecule has 0 saturated carbocycles. The number of carbonyl (C=O) groups is 6. The zero-order valence-corrected chi connectivity index (χ0v) is 22.5. The maximum absolute atomic E-state index is 10.2. The van der Waals surface area contributed by atoms with Crippen molar-refractivity contribution in [2.24, 2.45) is 11.5 Å². The predicted octanol–water partition coefficient (Wildman–Crippen LogP) is -2.39. The quantitative estimate of drug-likeness (QED) is 0.118. The third-order valence-corrected chi connectivity index (χ3v) is 1.27. The number of rotatable bonds is 12. The summed E-state index contributed by atoms with van der Waals surface area (Å²) in [4.78, 5) is 124. The van der Waals surface area contributed by atoms with Gasteiger partial charge in [-0.3, -0.25) is 19.2 Å². The lowest BCUT2D eigenvalue weighted by molar-refractivity contribution is -0.193. The van der Waals surface area contributed by atoms with Crippen LogP contribution < -0.4 is 11.5 Å². The van der Waals surface area contributed by atoms with E-state index in [1.54, 1.807) is 0 Å². The van der Waals surface area contributed by atoms with Gasteiger partial charge in [-0.2, -0.15) is 65.3 Å². The second kappa shape index (κ2) is 83.3. The van der Waals surface area contributed by atoms with Gasteiger partial charge in [-0.1, -0.05) is 0 Å². The van der Waals surface area contributed by atoms with Crippen LogP contribution in [0.15, 0.2) is 0 Å². The third-order valence-electron chi connectivity index (χ3n) is 1.27. The number of hydrogen-bond acceptors (Lipinski definition) is 16. The summed E-state index contributed by atoms with van der Waals surface area (Å²) in [6.07, 6.45) is -16.4. The predicted molar refractivity (Wildman–Crippen MR) is 139 cm³/mol. The number of carbonyl (C=O) groups excluding carboxylic acids is 10. The molecule has 0 aliphatic rings. The normalized spacial score (nSPS) is 13.7. The molecule has 0 aromatic heterocycles. The second-order valence-corrected chi connectivity index (χ2v) is 3.68. The Hall–Kier alpha value is -4.64. The highest BCUT2D eigenvalue weighted by Gasteiger charge is 1.92. The number of nitrogens with two attached hydrogens (primary N) is 2. The van der Waals surface area contributed by atoms with Gasteiger partial charge in [-0.25, -0.2) is 0 Å². The molecule has 42 heavy (non-hydrogen) atoms. The SMILES string of the molecule is O=C=O.O=C=O.O=C=O.O=C=O.O=CCCC(=O)O.S.S.[2H]C([2H])(C=O)C([2H])([2H])C(=O)O.[2H]C([2H])(CN)C([2H])([2H])C(=O)O.[2H][C@@H](N)C([2H])([2H])C([2H])([2H])C(=O)O. The molecule has 0 aliphatic carbocycles. The summed E-state index contributed by atoms with van der Waals surface area (Å²) in [7, 11) is 0. The number of aldehydes is 2. The Balaban J connectivity index is -0.0000000556. The first-order valence-electron chi connectivity index (χ1n) is 14.8. The van der Waals surface area contributed by atoms with Crippen LogP contribution in [0.1, 0.15) is 68.9 Å². The fourth-order valence-electron chi connectivity index (χ4n) is 0.504. The van der Waals surface area contributed by atoms with Gasteiger partial charge in [0.15, 0.2) is 0 Å². The number of aliphatic carboxylic acids is 4. The van der Waals surface area contributed by atoms with Crippen LogP contribution in [0.5, 0.6) is 0 Å². The van der Waals surface area contributed by atoms with E-state index in [4.69, 9.17) is 88.1 Å². The highest BCUT2D eigenvalue weighted by atomic mass is 32.1. The molecule has 20 nitrogen and oxygen atoms in total. The van der Waals surface area contributed by atoms with Crippen LogP contribution in [0, 0.1) is 0 Å². The molecular weight excluding hydrogens is 620 g/mol. The van der Waals surface area contributed by atoms with Crippen molar-refractivity contribution in [1.82, 2.24) is 0 Å². The van der Waals surface area contributed by atoms with Crippen LogP contribution in [0.25, 0.3) is 0 Å². The molecule has 22 heteroatoms. The standard InChI is InChI=1S/2C4H9NO2.2C4H6O3.4CO2.2H2S/c4*5-3-1-2-4(6)7;4*2-1-3;;/h2*1-3,5H2,(H,6,7);2*3H,1-2H2,(H,6,7);;;;;2*1H2/i1D2,2D2,3D;2*1D2,2D2;;;;;;;/t3-;;;;;;;;;/m1........./s1. The minimum absolute atomic E-state index is 0. The van der Waals surface area contributed by atoms with Crippen molar-refractivity contribution in [1.29, 1.82) is 0 Å². The highest BCUT2D eigenvalue weighted by Crippen LogP contribution is 1.83. The third kappa shape index (κ3) is 323. The second-order valence-electron chi connectivity index (χ2n) is 3.68. The molecule has 0 spiro atoms. The van der Waals surface area contributed by atoms with Crippen LogP contribution in [0.4, 0.5) is 0 Å². The Labute approximate surface area is 269 Å². The van der Waals surface area contributed by atoms with Crippen molar-refractivity contribution in [3.8, 4) is 0 Å². The minimum atomic E-state index is -3.17. The fourth-order valence-corrected chi connectivity index (χ4v) is 0.504. The molecule has 244 valence electrons. The van der Waals surface area contributed by atoms with Gasteiger partial charge in [0.2, 0.25) is 0 Å². The molecule has 0 aliphatic heterocycles. The Morgan fingerprint density at radius 1 is 0.595 bits per heavy atom. The number of hydrogen-bond donors (Lipinski definition) is 6. The molecule has 0 unspecified atom stereocenters. The van der Waals surface area contributed by atoms with E-state index in [-0.39, 0.29) is 70.7 Å². The Bertz CT molecular complexity index is 1230. The molecule has 0 heterocycles. The van der Waals surface area contributed by atoms with Gasteiger partial charge in [0, 0.05) is 43.4 Å². The van der Waals surface area contributed by atoms with E-state index in [0.29, 0.717) is 6.29 Å². The smallest absolute Gasteiger partial charge is 0.373 e. The van der Waals surface area contributed by atoms with Crippen molar-refractivity contribution in [2.45, 2.75) is 51.1 Å². The van der Waals surface area contributed by atoms with Crippen molar-refractivity contribution in [3.63, 3.8) is 0 Å². The lowest BCUT2D eigenvalue weighted by atomic mass is 10.3. The molecule has 0 rings (SSSR count). The molecular formula is C20H34N2O18S2. The zero-order valence-electron chi connectivity index (χ0n) is 33.5. The summed E-state index contributed by atoms with van der Waals surface area (Å²) < 4.78 is 88.1. The van der Waals surface area contributed by atoms with Gasteiger partial charge in [-0.05, 0) is 25.8 Å². The van der Waals surface area contributed by atoms with Crippen molar-refractivity contribution in [3.05, 3.63) is 0 Å². The summed E-state index contributed by atoms with van der Waals surface area (Å²) in [5.41, 5.74) is 9.63. The van der Waals surface area contributed by atoms with Crippen molar-refractivity contribution < 1.29 is 105 Å². The topological polar surface area (TPSA) is 372 Å². The molecule has 0 saturated heterocycles. The van der Waals surface area contributed by atoms with Crippen LogP contribution in [0.3, 0.4) is 0 Å². The summed E-state index contributed by atoms with van der Waals surface area (Å²) >= 11 is 0. The molecule has 0 fully saturated rings. The minimum Gasteiger partial charge on any atom is -0.481 e. The lowest BCUT2D eigenvalue weighted by Gasteiger charge is -1.86. The van der Waals surface area contributed by atoms with Crippen molar-refractivity contribution in [2.75, 3.05) is 13.1 Å². The first-order chi connectivity index (χ1) is 23.6. The number of carboxylic acids is 4. The summed E-state index contributed by atoms with van der Waals surface area (Å²) in [6, 6.07) is 0. The first kappa shape index (κ1) is 30.3. The Morgan fingerprint density at radius 3 is 1.00 bits per heavy atom. The summed E-state index contributed by atoms with van der Waals surface area (Å²) in [5, 5.41) is 32.5. The lowest BCUT2D eigenvalue weighted by Crippen LogP contribution is -2.02. The van der Waals surface area contributed by atoms with E-state index in [2.05, 4.69) is 0 Å². The van der Waals surface area contributed by atoms with Gasteiger partial charge in [0.05, 0.1) is 12.8 Å². The highest BCUT2D eigenvalue weighted by molar-refractivity contribution is 7.59. The van der Waals surface area contributed by atoms with E-state index in [0.717, 1.165) is 0 Å². The van der Waals surface area contributed by atoms with E-state index in [1.165, 1.54) is 0 Å². The van der Waals surface area contributed by atoms with Gasteiger partial charge >= 0.3 is 48.5 Å². The van der Waals surface area contributed by atoms with E-state index >= 15 is 0 Å². The molecule has 0 amide bonds. The van der Waals surface area contributed by atoms with Crippen LogP contribution >= 0.6 is 27.0 Å². The van der Waals surface area contributed by atoms with E-state index in [1.807, 2.05) is 0 Å². The molecule has 0 aromatic carbocycles. The molecule has 8 N–H and O–H groups in total. The van der Waals surface area contributed by atoms with Gasteiger partial charge in [-0.15, -0.1) is 0 Å².